The van der Waals surface area contributed by atoms with Gasteiger partial charge in [-0.25, -0.2) is 0 Å². The van der Waals surface area contributed by atoms with E-state index in [0.717, 1.165) is 38.5 Å². The zero-order valence-corrected chi connectivity index (χ0v) is 16.4. The second kappa shape index (κ2) is 8.84. The number of nitrogens with zero attached hydrogens (tertiary/aromatic N) is 3. The lowest BCUT2D eigenvalue weighted by molar-refractivity contribution is -0.384. The topological polar surface area (TPSA) is 74.8 Å². The monoisotopic (exact) mass is 392 g/mol. The molecule has 8 heteroatoms. The first-order valence-electron chi connectivity index (χ1n) is 9.09. The van der Waals surface area contributed by atoms with Crippen LogP contribution in [0.15, 0.2) is 34.7 Å². The fourth-order valence-corrected chi connectivity index (χ4v) is 3.46. The van der Waals surface area contributed by atoms with Gasteiger partial charge >= 0.3 is 0 Å². The van der Waals surface area contributed by atoms with E-state index in [1.807, 2.05) is 12.1 Å². The number of non-ortho nitro benzene ring substituents is 1. The molecule has 1 aromatic carbocycles. The average Bonchev–Trinajstić information content (AvgIpc) is 3.10. The number of rotatable bonds is 7. The Balaban J connectivity index is 1.54. The number of hydrogen-bond donors (Lipinski definition) is 1. The van der Waals surface area contributed by atoms with Crippen molar-refractivity contribution in [2.24, 2.45) is 0 Å². The zero-order chi connectivity index (χ0) is 19.4. The third-order valence-electron chi connectivity index (χ3n) is 4.84. The first-order chi connectivity index (χ1) is 12.9. The van der Waals surface area contributed by atoms with Crippen molar-refractivity contribution in [2.45, 2.75) is 19.5 Å². The van der Waals surface area contributed by atoms with Crippen molar-refractivity contribution in [3.8, 4) is 11.3 Å². The molecule has 0 aliphatic carbocycles. The van der Waals surface area contributed by atoms with E-state index >= 15 is 0 Å². The fourth-order valence-electron chi connectivity index (χ4n) is 3.19. The van der Waals surface area contributed by atoms with Gasteiger partial charge in [-0.3, -0.25) is 15.0 Å². The van der Waals surface area contributed by atoms with E-state index in [2.05, 4.69) is 29.1 Å². The normalized spacial score (nSPS) is 17.1. The Bertz CT molecular complexity index is 787. The van der Waals surface area contributed by atoms with Gasteiger partial charge in [-0.05, 0) is 32.2 Å². The molecule has 1 unspecified atom stereocenters. The van der Waals surface area contributed by atoms with Crippen LogP contribution in [0.2, 0.25) is 5.02 Å². The molecular formula is C19H25ClN4O3. The smallest absolute Gasteiger partial charge is 0.270 e. The molecule has 2 aromatic rings. The van der Waals surface area contributed by atoms with Crippen molar-refractivity contribution in [2.75, 3.05) is 39.8 Å². The van der Waals surface area contributed by atoms with E-state index in [1.54, 1.807) is 6.07 Å². The molecule has 1 aromatic heterocycles. The Hall–Kier alpha value is -1.93. The van der Waals surface area contributed by atoms with Gasteiger partial charge < -0.3 is 14.6 Å². The molecule has 1 saturated heterocycles. The van der Waals surface area contributed by atoms with Crippen molar-refractivity contribution in [3.63, 3.8) is 0 Å². The number of nitro benzene ring substituents is 1. The Morgan fingerprint density at radius 3 is 2.67 bits per heavy atom. The van der Waals surface area contributed by atoms with E-state index < -0.39 is 4.92 Å². The number of furan rings is 1. The SMILES string of the molecule is CC(CN1CCN(C)CC1)NCc1ccc(-c2ccc([N+](=O)[O-])cc2Cl)o1. The Morgan fingerprint density at radius 2 is 2.00 bits per heavy atom. The van der Waals surface area contributed by atoms with E-state index in [9.17, 15) is 10.1 Å². The van der Waals surface area contributed by atoms with Gasteiger partial charge in [0, 0.05) is 56.5 Å². The molecule has 7 nitrogen and oxygen atoms in total. The lowest BCUT2D eigenvalue weighted by Gasteiger charge is -2.34. The summed E-state index contributed by atoms with van der Waals surface area (Å²) in [7, 11) is 2.16. The highest BCUT2D eigenvalue weighted by Crippen LogP contribution is 2.32. The number of nitro groups is 1. The van der Waals surface area contributed by atoms with E-state index in [0.29, 0.717) is 28.9 Å². The zero-order valence-electron chi connectivity index (χ0n) is 15.7. The van der Waals surface area contributed by atoms with Gasteiger partial charge in [0.15, 0.2) is 0 Å². The summed E-state index contributed by atoms with van der Waals surface area (Å²) >= 11 is 6.17. The summed E-state index contributed by atoms with van der Waals surface area (Å²) < 4.78 is 5.87. The van der Waals surface area contributed by atoms with Gasteiger partial charge in [0.05, 0.1) is 16.5 Å². The Morgan fingerprint density at radius 1 is 1.26 bits per heavy atom. The third kappa shape index (κ3) is 5.29. The predicted octanol–water partition coefficient (Wildman–Crippen LogP) is 3.23. The van der Waals surface area contributed by atoms with Crippen LogP contribution >= 0.6 is 11.6 Å². The molecule has 1 aliphatic rings. The first kappa shape index (κ1) is 19.8. The average molecular weight is 393 g/mol. The molecule has 0 saturated carbocycles. The summed E-state index contributed by atoms with van der Waals surface area (Å²) in [6.07, 6.45) is 0. The van der Waals surface area contributed by atoms with Crippen LogP contribution in [0, 0.1) is 10.1 Å². The number of benzene rings is 1. The largest absolute Gasteiger partial charge is 0.460 e. The first-order valence-corrected chi connectivity index (χ1v) is 9.47. The van der Waals surface area contributed by atoms with Crippen LogP contribution in [0.1, 0.15) is 12.7 Å². The summed E-state index contributed by atoms with van der Waals surface area (Å²) in [5, 5.41) is 14.6. The lowest BCUT2D eigenvalue weighted by atomic mass is 10.1. The quantitative estimate of drug-likeness (QED) is 0.576. The molecular weight excluding hydrogens is 368 g/mol. The summed E-state index contributed by atoms with van der Waals surface area (Å²) in [5.74, 6) is 1.42. The highest BCUT2D eigenvalue weighted by atomic mass is 35.5. The van der Waals surface area contributed by atoms with Crippen molar-refractivity contribution >= 4 is 17.3 Å². The van der Waals surface area contributed by atoms with Gasteiger partial charge in [0.2, 0.25) is 0 Å². The van der Waals surface area contributed by atoms with Gasteiger partial charge in [-0.2, -0.15) is 0 Å². The number of nitrogens with one attached hydrogen (secondary N) is 1. The summed E-state index contributed by atoms with van der Waals surface area (Å²) in [4.78, 5) is 15.2. The predicted molar refractivity (Wildman–Crippen MR) is 106 cm³/mol. The second-order valence-electron chi connectivity index (χ2n) is 7.07. The van der Waals surface area contributed by atoms with Gasteiger partial charge in [0.25, 0.3) is 5.69 Å². The Labute approximate surface area is 164 Å². The molecule has 0 amide bonds. The molecule has 3 rings (SSSR count). The van der Waals surface area contributed by atoms with Gasteiger partial charge in [0.1, 0.15) is 11.5 Å². The van der Waals surface area contributed by atoms with Crippen LogP contribution in [0.3, 0.4) is 0 Å². The van der Waals surface area contributed by atoms with Crippen LogP contribution in [-0.2, 0) is 6.54 Å². The van der Waals surface area contributed by atoms with Gasteiger partial charge in [-0.1, -0.05) is 11.6 Å². The molecule has 1 fully saturated rings. The maximum atomic E-state index is 10.8. The van der Waals surface area contributed by atoms with Crippen LogP contribution < -0.4 is 5.32 Å². The van der Waals surface area contributed by atoms with Crippen molar-refractivity contribution in [1.82, 2.24) is 15.1 Å². The highest BCUT2D eigenvalue weighted by Gasteiger charge is 2.17. The minimum atomic E-state index is -0.463. The van der Waals surface area contributed by atoms with Crippen molar-refractivity contribution in [3.05, 3.63) is 51.2 Å². The van der Waals surface area contributed by atoms with Crippen LogP contribution in [0.4, 0.5) is 5.69 Å². The maximum absolute atomic E-state index is 10.8. The molecule has 146 valence electrons. The maximum Gasteiger partial charge on any atom is 0.270 e. The molecule has 1 N–H and O–H groups in total. The number of piperazine rings is 1. The number of hydrogen-bond acceptors (Lipinski definition) is 6. The summed E-state index contributed by atoms with van der Waals surface area (Å²) in [5.41, 5.74) is 0.619. The molecule has 2 heterocycles. The van der Waals surface area contributed by atoms with E-state index in [-0.39, 0.29) is 5.69 Å². The fraction of sp³-hybridized carbons (Fsp3) is 0.474. The summed E-state index contributed by atoms with van der Waals surface area (Å²) in [6, 6.07) is 8.49. The minimum Gasteiger partial charge on any atom is -0.460 e. The molecule has 0 radical (unpaired) electrons. The van der Waals surface area contributed by atoms with E-state index in [4.69, 9.17) is 16.0 Å². The van der Waals surface area contributed by atoms with Crippen LogP contribution in [0.25, 0.3) is 11.3 Å². The standard InChI is InChI=1S/C19H25ClN4O3/c1-14(13-23-9-7-22(2)8-10-23)21-12-16-4-6-19(27-16)17-5-3-15(24(25)26)11-18(17)20/h3-6,11,14,21H,7-10,12-13H2,1-2H3. The van der Waals surface area contributed by atoms with Crippen LogP contribution in [-0.4, -0.2) is 60.5 Å². The molecule has 27 heavy (non-hydrogen) atoms. The second-order valence-corrected chi connectivity index (χ2v) is 7.48. The van der Waals surface area contributed by atoms with Crippen molar-refractivity contribution < 1.29 is 9.34 Å². The summed E-state index contributed by atoms with van der Waals surface area (Å²) in [6.45, 7) is 8.25. The van der Waals surface area contributed by atoms with Crippen LogP contribution in [0.5, 0.6) is 0 Å². The minimum absolute atomic E-state index is 0.0325. The van der Waals surface area contributed by atoms with E-state index in [1.165, 1.54) is 12.1 Å². The molecule has 1 atom stereocenters. The Kier molecular flexibility index (Phi) is 6.49. The molecule has 0 bridgehead atoms. The number of halogens is 1. The van der Waals surface area contributed by atoms with Crippen molar-refractivity contribution in [1.29, 1.82) is 0 Å². The highest BCUT2D eigenvalue weighted by molar-refractivity contribution is 6.33. The third-order valence-corrected chi connectivity index (χ3v) is 5.16. The lowest BCUT2D eigenvalue weighted by Crippen LogP contribution is -2.48. The molecule has 1 aliphatic heterocycles. The molecule has 0 spiro atoms. The van der Waals surface area contributed by atoms with Gasteiger partial charge in [-0.15, -0.1) is 0 Å². The number of likely N-dealkylation sites (N-methyl/N-ethyl adjacent to an activating group) is 1.